The Kier molecular flexibility index (Phi) is 5.14. The third-order valence-corrected chi connectivity index (χ3v) is 6.41. The van der Waals surface area contributed by atoms with Gasteiger partial charge in [-0.2, -0.15) is 5.10 Å². The van der Waals surface area contributed by atoms with Crippen LogP contribution in [-0.4, -0.2) is 54.2 Å². The number of likely N-dealkylation sites (tertiary alicyclic amines) is 1. The molecule has 0 aliphatic carbocycles. The molecular formula is C22H20FN7O2S. The Morgan fingerprint density at radius 3 is 2.76 bits per heavy atom. The fourth-order valence-electron chi connectivity index (χ4n) is 3.76. The molecule has 4 heterocycles. The maximum Gasteiger partial charge on any atom is 0.259 e. The number of thiazole rings is 1. The molecule has 11 heteroatoms. The van der Waals surface area contributed by atoms with Gasteiger partial charge in [0.05, 0.1) is 5.69 Å². The van der Waals surface area contributed by atoms with Crippen LogP contribution in [0.4, 0.5) is 16.2 Å². The van der Waals surface area contributed by atoms with Gasteiger partial charge in [-0.1, -0.05) is 0 Å². The molecule has 1 aromatic carbocycles. The van der Waals surface area contributed by atoms with Crippen LogP contribution in [0.15, 0.2) is 48.1 Å². The third-order valence-electron chi connectivity index (χ3n) is 5.55. The van der Waals surface area contributed by atoms with Crippen molar-refractivity contribution < 1.29 is 14.3 Å². The first kappa shape index (κ1) is 21.2. The minimum atomic E-state index is -1.87. The summed E-state index contributed by atoms with van der Waals surface area (Å²) in [6.07, 6.45) is 3.57. The van der Waals surface area contributed by atoms with E-state index in [4.69, 9.17) is 0 Å². The van der Waals surface area contributed by atoms with Crippen LogP contribution in [0.25, 0.3) is 22.0 Å². The molecule has 1 unspecified atom stereocenters. The van der Waals surface area contributed by atoms with E-state index in [-0.39, 0.29) is 12.0 Å². The lowest BCUT2D eigenvalue weighted by Gasteiger charge is -2.22. The van der Waals surface area contributed by atoms with E-state index in [1.54, 1.807) is 30.1 Å². The fraction of sp³-hybridized carbons (Fsp3) is 0.227. The summed E-state index contributed by atoms with van der Waals surface area (Å²) < 4.78 is 16.3. The highest BCUT2D eigenvalue weighted by atomic mass is 32.1. The number of halogens is 1. The summed E-state index contributed by atoms with van der Waals surface area (Å²) in [7, 11) is 3.41. The number of carbonyl (C=O) groups excluding carboxylic acids is 1. The molecule has 1 fully saturated rings. The number of anilines is 2. The van der Waals surface area contributed by atoms with Gasteiger partial charge in [-0.15, -0.1) is 11.3 Å². The average molecular weight is 466 g/mol. The van der Waals surface area contributed by atoms with Gasteiger partial charge in [-0.25, -0.2) is 19.3 Å². The van der Waals surface area contributed by atoms with E-state index in [0.29, 0.717) is 40.3 Å². The predicted octanol–water partition coefficient (Wildman–Crippen LogP) is 2.93. The van der Waals surface area contributed by atoms with Gasteiger partial charge in [-0.05, 0) is 24.3 Å². The second-order valence-electron chi connectivity index (χ2n) is 7.83. The van der Waals surface area contributed by atoms with Crippen molar-refractivity contribution in [2.45, 2.75) is 12.0 Å². The fourth-order valence-corrected chi connectivity index (χ4v) is 4.56. The second-order valence-corrected chi connectivity index (χ2v) is 8.69. The molecule has 0 bridgehead atoms. The van der Waals surface area contributed by atoms with Crippen molar-refractivity contribution >= 4 is 29.0 Å². The SMILES string of the molecule is CN1CCC(O)(c2cc(-c3csc(-c4ccnc(Nc5ccn(C)n5)n4)n3)ccc2F)C1=O. The highest BCUT2D eigenvalue weighted by Gasteiger charge is 2.46. The third kappa shape index (κ3) is 3.85. The summed E-state index contributed by atoms with van der Waals surface area (Å²) in [6, 6.07) is 7.90. The molecule has 0 saturated carbocycles. The number of nitrogens with zero attached hydrogens (tertiary/aromatic N) is 6. The van der Waals surface area contributed by atoms with Gasteiger partial charge in [-0.3, -0.25) is 9.48 Å². The quantitative estimate of drug-likeness (QED) is 0.466. The Hall–Kier alpha value is -3.70. The number of likely N-dealkylation sites (N-methyl/N-ethyl adjacent to an activating group) is 1. The molecule has 5 rings (SSSR count). The van der Waals surface area contributed by atoms with Crippen LogP contribution < -0.4 is 5.32 Å². The van der Waals surface area contributed by atoms with Crippen molar-refractivity contribution in [3.63, 3.8) is 0 Å². The maximum atomic E-state index is 14.6. The van der Waals surface area contributed by atoms with Gasteiger partial charge in [0, 0.05) is 62.0 Å². The van der Waals surface area contributed by atoms with Crippen molar-refractivity contribution in [1.29, 1.82) is 0 Å². The summed E-state index contributed by atoms with van der Waals surface area (Å²) in [5, 5.41) is 20.7. The monoisotopic (exact) mass is 465 g/mol. The van der Waals surface area contributed by atoms with Crippen LogP contribution in [0.5, 0.6) is 0 Å². The summed E-state index contributed by atoms with van der Waals surface area (Å²) in [6.45, 7) is 0.364. The van der Waals surface area contributed by atoms with Crippen LogP contribution in [0, 0.1) is 5.82 Å². The minimum Gasteiger partial charge on any atom is -0.375 e. The highest BCUT2D eigenvalue weighted by molar-refractivity contribution is 7.13. The Morgan fingerprint density at radius 2 is 2.03 bits per heavy atom. The molecule has 168 valence electrons. The van der Waals surface area contributed by atoms with Gasteiger partial charge in [0.25, 0.3) is 5.91 Å². The largest absolute Gasteiger partial charge is 0.375 e. The van der Waals surface area contributed by atoms with Crippen molar-refractivity contribution in [2.75, 3.05) is 18.9 Å². The zero-order valence-electron chi connectivity index (χ0n) is 17.9. The zero-order chi connectivity index (χ0) is 23.2. The van der Waals surface area contributed by atoms with Crippen molar-refractivity contribution in [3.8, 4) is 22.0 Å². The number of amides is 1. The maximum absolute atomic E-state index is 14.6. The van der Waals surface area contributed by atoms with E-state index in [9.17, 15) is 14.3 Å². The molecule has 33 heavy (non-hydrogen) atoms. The Morgan fingerprint density at radius 1 is 1.18 bits per heavy atom. The van der Waals surface area contributed by atoms with E-state index in [1.165, 1.54) is 28.4 Å². The van der Waals surface area contributed by atoms with E-state index in [1.807, 2.05) is 24.7 Å². The molecule has 1 aliphatic rings. The van der Waals surface area contributed by atoms with Crippen molar-refractivity contribution in [2.24, 2.45) is 7.05 Å². The zero-order valence-corrected chi connectivity index (χ0v) is 18.7. The number of aromatic nitrogens is 5. The predicted molar refractivity (Wildman–Crippen MR) is 121 cm³/mol. The molecule has 1 aliphatic heterocycles. The summed E-state index contributed by atoms with van der Waals surface area (Å²) in [4.78, 5) is 27.2. The minimum absolute atomic E-state index is 0.0345. The van der Waals surface area contributed by atoms with Crippen LogP contribution in [0.1, 0.15) is 12.0 Å². The standard InChI is InChI=1S/C22H20FN7O2S/c1-29-10-7-22(32,20(29)31)14-11-13(3-4-15(14)23)17-12-33-19(25-17)16-5-8-24-21(26-16)27-18-6-9-30(2)28-18/h3-6,8-9,11-12,32H,7,10H2,1-2H3,(H,24,26,27,28). The van der Waals surface area contributed by atoms with Crippen molar-refractivity contribution in [1.82, 2.24) is 29.6 Å². The molecule has 1 atom stereocenters. The normalized spacial score (nSPS) is 18.2. The molecule has 1 saturated heterocycles. The highest BCUT2D eigenvalue weighted by Crippen LogP contribution is 2.37. The lowest BCUT2D eigenvalue weighted by Crippen LogP contribution is -2.36. The molecule has 0 spiro atoms. The molecule has 0 radical (unpaired) electrons. The lowest BCUT2D eigenvalue weighted by atomic mass is 9.90. The summed E-state index contributed by atoms with van der Waals surface area (Å²) in [5.74, 6) is -0.121. The van der Waals surface area contributed by atoms with Gasteiger partial charge in [0.1, 0.15) is 16.5 Å². The first-order chi connectivity index (χ1) is 15.8. The van der Waals surface area contributed by atoms with Crippen LogP contribution in [-0.2, 0) is 17.4 Å². The smallest absolute Gasteiger partial charge is 0.259 e. The molecule has 4 aromatic rings. The molecule has 2 N–H and O–H groups in total. The molecular weight excluding hydrogens is 445 g/mol. The number of hydrogen-bond acceptors (Lipinski definition) is 8. The van der Waals surface area contributed by atoms with Crippen LogP contribution in [0.3, 0.4) is 0 Å². The Labute approximate surface area is 192 Å². The summed E-state index contributed by atoms with van der Waals surface area (Å²) in [5.41, 5.74) is -0.0880. The van der Waals surface area contributed by atoms with E-state index >= 15 is 0 Å². The topological polar surface area (TPSA) is 109 Å². The van der Waals surface area contributed by atoms with Gasteiger partial charge in [0.2, 0.25) is 5.95 Å². The van der Waals surface area contributed by atoms with Gasteiger partial charge in [0.15, 0.2) is 11.4 Å². The number of benzene rings is 1. The number of nitrogens with one attached hydrogen (secondary N) is 1. The van der Waals surface area contributed by atoms with Crippen LogP contribution >= 0.6 is 11.3 Å². The van der Waals surface area contributed by atoms with Crippen LogP contribution in [0.2, 0.25) is 0 Å². The first-order valence-corrected chi connectivity index (χ1v) is 11.1. The summed E-state index contributed by atoms with van der Waals surface area (Å²) >= 11 is 1.38. The number of carbonyl (C=O) groups is 1. The van der Waals surface area contributed by atoms with Gasteiger partial charge < -0.3 is 15.3 Å². The number of aryl methyl sites for hydroxylation is 1. The number of aliphatic hydroxyl groups is 1. The van der Waals surface area contributed by atoms with E-state index < -0.39 is 17.3 Å². The number of hydrogen-bond donors (Lipinski definition) is 2. The Bertz CT molecular complexity index is 1350. The van der Waals surface area contributed by atoms with E-state index in [0.717, 1.165) is 0 Å². The average Bonchev–Trinajstić information content (AvgIpc) is 3.52. The Balaban J connectivity index is 1.44. The van der Waals surface area contributed by atoms with Gasteiger partial charge >= 0.3 is 0 Å². The molecule has 9 nitrogen and oxygen atoms in total. The number of rotatable bonds is 5. The second kappa shape index (κ2) is 8.01. The lowest BCUT2D eigenvalue weighted by molar-refractivity contribution is -0.143. The first-order valence-electron chi connectivity index (χ1n) is 10.2. The van der Waals surface area contributed by atoms with E-state index in [2.05, 4.69) is 25.4 Å². The molecule has 3 aromatic heterocycles. The molecule has 1 amide bonds. The van der Waals surface area contributed by atoms with Crippen molar-refractivity contribution in [3.05, 3.63) is 59.5 Å².